The number of hydrogen-bond acceptors (Lipinski definition) is 4. The number of nitrogens with two attached hydrogens (primary N) is 1. The minimum atomic E-state index is 0.286. The highest BCUT2D eigenvalue weighted by atomic mass is 16.5. The summed E-state index contributed by atoms with van der Waals surface area (Å²) in [5.41, 5.74) is 8.15. The Bertz CT molecular complexity index is 693. The van der Waals surface area contributed by atoms with E-state index in [2.05, 4.69) is 4.98 Å². The number of ether oxygens (including phenoxy) is 1. The van der Waals surface area contributed by atoms with Crippen LogP contribution in [0.2, 0.25) is 0 Å². The summed E-state index contributed by atoms with van der Waals surface area (Å²) in [7, 11) is 0. The van der Waals surface area contributed by atoms with E-state index in [0.29, 0.717) is 17.9 Å². The maximum Gasteiger partial charge on any atom is 0.141 e. The summed E-state index contributed by atoms with van der Waals surface area (Å²) < 4.78 is 5.99. The van der Waals surface area contributed by atoms with Crippen LogP contribution in [0.5, 0.6) is 11.5 Å². The van der Waals surface area contributed by atoms with Gasteiger partial charge in [0.1, 0.15) is 11.5 Å². The summed E-state index contributed by atoms with van der Waals surface area (Å²) in [5.74, 6) is 2.41. The molecule has 1 aromatic carbocycles. The van der Waals surface area contributed by atoms with Crippen molar-refractivity contribution in [2.24, 2.45) is 17.6 Å². The number of hydrogen-bond donors (Lipinski definition) is 2. The highest BCUT2D eigenvalue weighted by Crippen LogP contribution is 2.39. The predicted octanol–water partition coefficient (Wildman–Crippen LogP) is 3.01. The van der Waals surface area contributed by atoms with Crippen molar-refractivity contribution >= 4 is 10.9 Å². The molecule has 1 aromatic heterocycles. The number of fused-ring (bicyclic) bond motifs is 3. The molecule has 2 heterocycles. The average Bonchev–Trinajstić information content (AvgIpc) is 2.55. The van der Waals surface area contributed by atoms with Gasteiger partial charge in [-0.15, -0.1) is 0 Å². The van der Waals surface area contributed by atoms with Crippen LogP contribution in [-0.4, -0.2) is 22.7 Å². The number of rotatable bonds is 1. The van der Waals surface area contributed by atoms with Gasteiger partial charge in [-0.2, -0.15) is 0 Å². The number of pyridine rings is 1. The van der Waals surface area contributed by atoms with Crippen molar-refractivity contribution in [2.45, 2.75) is 38.1 Å². The molecule has 0 saturated heterocycles. The van der Waals surface area contributed by atoms with Crippen LogP contribution in [-0.2, 0) is 6.42 Å². The van der Waals surface area contributed by atoms with Crippen LogP contribution in [0.1, 0.15) is 31.2 Å². The molecule has 2 aliphatic rings. The third-order valence-electron chi connectivity index (χ3n) is 5.33. The summed E-state index contributed by atoms with van der Waals surface area (Å²) in [6.07, 6.45) is 7.51. The Morgan fingerprint density at radius 1 is 1.14 bits per heavy atom. The van der Waals surface area contributed by atoms with E-state index in [9.17, 15) is 5.11 Å². The van der Waals surface area contributed by atoms with E-state index in [1.807, 2.05) is 18.3 Å². The zero-order chi connectivity index (χ0) is 15.1. The van der Waals surface area contributed by atoms with Crippen LogP contribution in [0.4, 0.5) is 0 Å². The van der Waals surface area contributed by atoms with E-state index >= 15 is 0 Å². The zero-order valence-electron chi connectivity index (χ0n) is 12.7. The minimum absolute atomic E-state index is 0.286. The Labute approximate surface area is 130 Å². The topological polar surface area (TPSA) is 68.4 Å². The van der Waals surface area contributed by atoms with E-state index in [0.717, 1.165) is 42.5 Å². The van der Waals surface area contributed by atoms with Crippen molar-refractivity contribution < 1.29 is 9.84 Å². The number of phenolic OH excluding ortho intramolecular Hbond substituents is 1. The second-order valence-corrected chi connectivity index (χ2v) is 6.75. The molecule has 2 aromatic rings. The molecule has 3 N–H and O–H groups in total. The third-order valence-corrected chi connectivity index (χ3v) is 5.33. The number of aromatic nitrogens is 1. The molecular weight excluding hydrogens is 276 g/mol. The van der Waals surface area contributed by atoms with Gasteiger partial charge in [0.15, 0.2) is 0 Å². The molecule has 1 unspecified atom stereocenters. The summed E-state index contributed by atoms with van der Waals surface area (Å²) in [4.78, 5) is 4.43. The number of nitrogens with zero attached hydrogens (tertiary/aromatic N) is 1. The lowest BCUT2D eigenvalue weighted by Gasteiger charge is -2.35. The summed E-state index contributed by atoms with van der Waals surface area (Å²) in [5, 5.41) is 10.8. The van der Waals surface area contributed by atoms with Crippen molar-refractivity contribution in [1.82, 2.24) is 4.98 Å². The molecule has 0 amide bonds. The van der Waals surface area contributed by atoms with Crippen LogP contribution in [0.3, 0.4) is 0 Å². The molecule has 4 rings (SSSR count). The van der Waals surface area contributed by atoms with Gasteiger partial charge < -0.3 is 15.6 Å². The van der Waals surface area contributed by atoms with Crippen molar-refractivity contribution in [3.63, 3.8) is 0 Å². The second-order valence-electron chi connectivity index (χ2n) is 6.75. The average molecular weight is 298 g/mol. The second kappa shape index (κ2) is 5.43. The van der Waals surface area contributed by atoms with Gasteiger partial charge >= 0.3 is 0 Å². The first kappa shape index (κ1) is 13.8. The van der Waals surface area contributed by atoms with Crippen LogP contribution in [0.25, 0.3) is 10.9 Å². The molecule has 22 heavy (non-hydrogen) atoms. The molecule has 4 nitrogen and oxygen atoms in total. The van der Waals surface area contributed by atoms with Gasteiger partial charge in [-0.1, -0.05) is 0 Å². The molecule has 0 spiro atoms. The Hall–Kier alpha value is -1.81. The van der Waals surface area contributed by atoms with Gasteiger partial charge in [-0.05, 0) is 56.2 Å². The SMILES string of the molecule is N[C@H]1CC[C@H](C2COc3cnc4ccc(O)cc4c3C2)CC1. The fraction of sp³-hybridized carbons (Fsp3) is 0.500. The quantitative estimate of drug-likeness (QED) is 0.849. The Balaban J connectivity index is 1.65. The Morgan fingerprint density at radius 2 is 1.95 bits per heavy atom. The number of aromatic hydroxyl groups is 1. The molecule has 116 valence electrons. The van der Waals surface area contributed by atoms with Crippen molar-refractivity contribution in [2.75, 3.05) is 6.61 Å². The van der Waals surface area contributed by atoms with Gasteiger partial charge in [0.05, 0.1) is 18.3 Å². The predicted molar refractivity (Wildman–Crippen MR) is 86.0 cm³/mol. The van der Waals surface area contributed by atoms with Gasteiger partial charge in [-0.3, -0.25) is 4.98 Å². The molecule has 1 saturated carbocycles. The molecule has 1 atom stereocenters. The molecular formula is C18H22N2O2. The maximum atomic E-state index is 9.79. The van der Waals surface area contributed by atoms with Crippen LogP contribution in [0, 0.1) is 11.8 Å². The van der Waals surface area contributed by atoms with E-state index in [4.69, 9.17) is 10.5 Å². The minimum Gasteiger partial charge on any atom is -0.508 e. The van der Waals surface area contributed by atoms with E-state index in [-0.39, 0.29) is 5.75 Å². The molecule has 1 aliphatic heterocycles. The van der Waals surface area contributed by atoms with Gasteiger partial charge in [0.25, 0.3) is 0 Å². The largest absolute Gasteiger partial charge is 0.508 e. The van der Waals surface area contributed by atoms with Gasteiger partial charge in [-0.25, -0.2) is 0 Å². The molecule has 0 bridgehead atoms. The van der Waals surface area contributed by atoms with Crippen molar-refractivity contribution in [1.29, 1.82) is 0 Å². The lowest BCUT2D eigenvalue weighted by atomic mass is 9.75. The Morgan fingerprint density at radius 3 is 2.77 bits per heavy atom. The van der Waals surface area contributed by atoms with Crippen molar-refractivity contribution in [3.8, 4) is 11.5 Å². The molecule has 0 radical (unpaired) electrons. The number of benzene rings is 1. The van der Waals surface area contributed by atoms with Crippen LogP contribution >= 0.6 is 0 Å². The van der Waals surface area contributed by atoms with Crippen LogP contribution in [0.15, 0.2) is 24.4 Å². The van der Waals surface area contributed by atoms with Crippen LogP contribution < -0.4 is 10.5 Å². The normalized spacial score (nSPS) is 28.1. The smallest absolute Gasteiger partial charge is 0.141 e. The highest BCUT2D eigenvalue weighted by Gasteiger charge is 2.31. The monoisotopic (exact) mass is 298 g/mol. The van der Waals surface area contributed by atoms with E-state index in [1.165, 1.54) is 18.4 Å². The van der Waals surface area contributed by atoms with Gasteiger partial charge in [0.2, 0.25) is 0 Å². The fourth-order valence-corrected chi connectivity index (χ4v) is 3.99. The maximum absolute atomic E-state index is 9.79. The molecule has 1 aliphatic carbocycles. The lowest BCUT2D eigenvalue weighted by Crippen LogP contribution is -2.34. The first-order chi connectivity index (χ1) is 10.7. The zero-order valence-corrected chi connectivity index (χ0v) is 12.7. The summed E-state index contributed by atoms with van der Waals surface area (Å²) in [6.45, 7) is 0.777. The van der Waals surface area contributed by atoms with Crippen molar-refractivity contribution in [3.05, 3.63) is 30.0 Å². The number of phenols is 1. The Kier molecular flexibility index (Phi) is 3.41. The van der Waals surface area contributed by atoms with E-state index < -0.39 is 0 Å². The first-order valence-electron chi connectivity index (χ1n) is 8.19. The fourth-order valence-electron chi connectivity index (χ4n) is 3.99. The third kappa shape index (κ3) is 2.41. The summed E-state index contributed by atoms with van der Waals surface area (Å²) in [6, 6.07) is 5.75. The lowest BCUT2D eigenvalue weighted by molar-refractivity contribution is 0.139. The standard InChI is InChI=1S/C18H22N2O2/c19-13-3-1-11(2-4-13)12-7-16-15-8-14(21)5-6-17(15)20-9-18(16)22-10-12/h5-6,8-9,11-13,21H,1-4,7,10,19H2/t11-,12?,13-. The highest BCUT2D eigenvalue weighted by molar-refractivity contribution is 5.85. The first-order valence-corrected chi connectivity index (χ1v) is 8.19. The summed E-state index contributed by atoms with van der Waals surface area (Å²) >= 11 is 0. The van der Waals surface area contributed by atoms with E-state index in [1.54, 1.807) is 6.07 Å². The molecule has 4 heteroatoms. The van der Waals surface area contributed by atoms with Gasteiger partial charge in [0, 0.05) is 22.9 Å². The molecule has 1 fully saturated rings.